The number of nitrogens with one attached hydrogen (secondary N) is 1. The number of amides is 1. The van der Waals surface area contributed by atoms with Gasteiger partial charge in [0.25, 0.3) is 5.91 Å². The monoisotopic (exact) mass is 469 g/mol. The summed E-state index contributed by atoms with van der Waals surface area (Å²) in [7, 11) is 0. The zero-order chi connectivity index (χ0) is 21.4. The number of benzene rings is 2. The molecule has 10 heteroatoms. The van der Waals surface area contributed by atoms with Gasteiger partial charge in [-0.3, -0.25) is 4.79 Å². The lowest BCUT2D eigenvalue weighted by atomic mass is 10.2. The number of halogens is 2. The van der Waals surface area contributed by atoms with Crippen molar-refractivity contribution in [1.82, 2.24) is 30.0 Å². The molecule has 0 saturated heterocycles. The number of hydrogen-bond acceptors (Lipinski definition) is 5. The Labute approximate surface area is 179 Å². The van der Waals surface area contributed by atoms with E-state index in [1.54, 1.807) is 19.1 Å². The van der Waals surface area contributed by atoms with Crippen molar-refractivity contribution in [3.63, 3.8) is 0 Å². The number of carbonyl (C=O) groups excluding carboxylic acids is 1. The lowest BCUT2D eigenvalue weighted by Gasteiger charge is -2.10. The van der Waals surface area contributed by atoms with Crippen molar-refractivity contribution in [3.8, 4) is 11.4 Å². The van der Waals surface area contributed by atoms with Crippen LogP contribution in [0.5, 0.6) is 0 Å². The van der Waals surface area contributed by atoms with Crippen molar-refractivity contribution in [3.05, 3.63) is 75.5 Å². The molecular formula is C20H17BrFN7O. The van der Waals surface area contributed by atoms with Crippen LogP contribution in [0.4, 0.5) is 10.1 Å². The Hall–Kier alpha value is -3.40. The molecule has 152 valence electrons. The van der Waals surface area contributed by atoms with E-state index in [0.717, 1.165) is 21.5 Å². The summed E-state index contributed by atoms with van der Waals surface area (Å²) in [5.74, 6) is -0.380. The van der Waals surface area contributed by atoms with E-state index < -0.39 is 5.82 Å². The summed E-state index contributed by atoms with van der Waals surface area (Å²) in [5, 5.41) is 18.3. The molecule has 0 bridgehead atoms. The molecule has 2 aromatic carbocycles. The Morgan fingerprint density at radius 1 is 1.07 bits per heavy atom. The number of carbonyl (C=O) groups is 1. The van der Waals surface area contributed by atoms with Gasteiger partial charge < -0.3 is 5.32 Å². The van der Waals surface area contributed by atoms with Crippen LogP contribution in [0.3, 0.4) is 0 Å². The predicted octanol–water partition coefficient (Wildman–Crippen LogP) is 3.93. The Morgan fingerprint density at radius 3 is 2.40 bits per heavy atom. The third-order valence-electron chi connectivity index (χ3n) is 4.63. The molecule has 4 aromatic rings. The fourth-order valence-electron chi connectivity index (χ4n) is 3.04. The molecule has 0 spiro atoms. The number of rotatable bonds is 4. The quantitative estimate of drug-likeness (QED) is 0.488. The third kappa shape index (κ3) is 3.61. The van der Waals surface area contributed by atoms with Crippen molar-refractivity contribution in [2.24, 2.45) is 0 Å². The zero-order valence-electron chi connectivity index (χ0n) is 16.4. The standard InChI is InChI=1S/C20H17BrFN7O/c1-11-19(21)12(2)28(25-11)16-7-4-14(5-8-16)20(30)23-15-6-9-17(22)18(10-15)29-13(3)24-26-27-29/h4-10H,1-3H3,(H,23,30). The maximum absolute atomic E-state index is 14.2. The third-order valence-corrected chi connectivity index (χ3v) is 5.78. The molecule has 30 heavy (non-hydrogen) atoms. The average molecular weight is 470 g/mol. The van der Waals surface area contributed by atoms with Crippen LogP contribution in [-0.4, -0.2) is 35.9 Å². The van der Waals surface area contributed by atoms with E-state index in [0.29, 0.717) is 17.1 Å². The highest BCUT2D eigenvalue weighted by Gasteiger charge is 2.14. The summed E-state index contributed by atoms with van der Waals surface area (Å²) >= 11 is 3.51. The van der Waals surface area contributed by atoms with E-state index in [1.165, 1.54) is 22.9 Å². The summed E-state index contributed by atoms with van der Waals surface area (Å²) in [6.45, 7) is 5.54. The Bertz CT molecular complexity index is 1250. The van der Waals surface area contributed by atoms with Gasteiger partial charge in [0.15, 0.2) is 5.82 Å². The van der Waals surface area contributed by atoms with Gasteiger partial charge in [-0.25, -0.2) is 9.07 Å². The number of hydrogen-bond donors (Lipinski definition) is 1. The molecular weight excluding hydrogens is 453 g/mol. The van der Waals surface area contributed by atoms with Crippen LogP contribution < -0.4 is 5.32 Å². The van der Waals surface area contributed by atoms with Crippen LogP contribution >= 0.6 is 15.9 Å². The van der Waals surface area contributed by atoms with E-state index in [1.807, 2.05) is 30.7 Å². The molecule has 0 aliphatic rings. The first-order valence-corrected chi connectivity index (χ1v) is 9.83. The van der Waals surface area contributed by atoms with Gasteiger partial charge in [-0.15, -0.1) is 5.10 Å². The molecule has 0 atom stereocenters. The van der Waals surface area contributed by atoms with Gasteiger partial charge in [-0.2, -0.15) is 9.78 Å². The SMILES string of the molecule is Cc1nn(-c2ccc(C(=O)Nc3ccc(F)c(-n4nnnc4C)c3)cc2)c(C)c1Br. The second-order valence-corrected chi connectivity index (χ2v) is 7.49. The van der Waals surface area contributed by atoms with Crippen molar-refractivity contribution in [2.45, 2.75) is 20.8 Å². The second-order valence-electron chi connectivity index (χ2n) is 6.70. The van der Waals surface area contributed by atoms with Gasteiger partial charge in [0.1, 0.15) is 11.5 Å². The first-order chi connectivity index (χ1) is 14.3. The minimum absolute atomic E-state index is 0.153. The van der Waals surface area contributed by atoms with Gasteiger partial charge in [0.2, 0.25) is 0 Å². The van der Waals surface area contributed by atoms with Crippen molar-refractivity contribution >= 4 is 27.5 Å². The molecule has 0 saturated carbocycles. The molecule has 0 aliphatic heterocycles. The van der Waals surface area contributed by atoms with Gasteiger partial charge >= 0.3 is 0 Å². The van der Waals surface area contributed by atoms with Gasteiger partial charge in [0, 0.05) is 11.3 Å². The lowest BCUT2D eigenvalue weighted by molar-refractivity contribution is 0.102. The summed E-state index contributed by atoms with van der Waals surface area (Å²) in [5.41, 5.74) is 3.75. The van der Waals surface area contributed by atoms with E-state index >= 15 is 0 Å². The molecule has 1 amide bonds. The highest BCUT2D eigenvalue weighted by atomic mass is 79.9. The normalized spacial score (nSPS) is 11.0. The molecule has 1 N–H and O–H groups in total. The number of tetrazole rings is 1. The number of aromatic nitrogens is 6. The second kappa shape index (κ2) is 7.79. The predicted molar refractivity (Wildman–Crippen MR) is 113 cm³/mol. The van der Waals surface area contributed by atoms with Crippen LogP contribution in [0.15, 0.2) is 46.9 Å². The topological polar surface area (TPSA) is 90.5 Å². The average Bonchev–Trinajstić information content (AvgIpc) is 3.27. The minimum atomic E-state index is -0.496. The number of anilines is 1. The molecule has 2 aromatic heterocycles. The van der Waals surface area contributed by atoms with Crippen molar-refractivity contribution in [1.29, 1.82) is 0 Å². The lowest BCUT2D eigenvalue weighted by Crippen LogP contribution is -2.13. The van der Waals surface area contributed by atoms with Crippen LogP contribution in [0, 0.1) is 26.6 Å². The minimum Gasteiger partial charge on any atom is -0.322 e. The van der Waals surface area contributed by atoms with Crippen LogP contribution in [0.1, 0.15) is 27.6 Å². The molecule has 0 fully saturated rings. The Balaban J connectivity index is 1.56. The Kier molecular flexibility index (Phi) is 5.17. The van der Waals surface area contributed by atoms with E-state index in [-0.39, 0.29) is 11.6 Å². The number of nitrogens with zero attached hydrogens (tertiary/aromatic N) is 6. The van der Waals surface area contributed by atoms with Gasteiger partial charge in [-0.1, -0.05) is 0 Å². The maximum Gasteiger partial charge on any atom is 0.255 e. The van der Waals surface area contributed by atoms with Gasteiger partial charge in [0.05, 0.1) is 21.5 Å². The summed E-state index contributed by atoms with van der Waals surface area (Å²) < 4.78 is 18.2. The van der Waals surface area contributed by atoms with E-state index in [2.05, 4.69) is 41.9 Å². The molecule has 0 unspecified atom stereocenters. The van der Waals surface area contributed by atoms with Crippen LogP contribution in [0.25, 0.3) is 11.4 Å². The van der Waals surface area contributed by atoms with Gasteiger partial charge in [-0.05, 0) is 89.6 Å². The molecule has 0 aliphatic carbocycles. The fourth-order valence-corrected chi connectivity index (χ4v) is 3.29. The van der Waals surface area contributed by atoms with Crippen molar-refractivity contribution in [2.75, 3.05) is 5.32 Å². The number of aryl methyl sites for hydroxylation is 2. The van der Waals surface area contributed by atoms with E-state index in [9.17, 15) is 9.18 Å². The highest BCUT2D eigenvalue weighted by Crippen LogP contribution is 2.23. The smallest absolute Gasteiger partial charge is 0.255 e. The first kappa shape index (κ1) is 19.9. The molecule has 2 heterocycles. The molecule has 8 nitrogen and oxygen atoms in total. The van der Waals surface area contributed by atoms with Crippen LogP contribution in [0.2, 0.25) is 0 Å². The fraction of sp³-hybridized carbons (Fsp3) is 0.150. The first-order valence-electron chi connectivity index (χ1n) is 9.03. The maximum atomic E-state index is 14.2. The van der Waals surface area contributed by atoms with Crippen molar-refractivity contribution < 1.29 is 9.18 Å². The zero-order valence-corrected chi connectivity index (χ0v) is 18.0. The summed E-state index contributed by atoms with van der Waals surface area (Å²) in [6, 6.07) is 11.3. The summed E-state index contributed by atoms with van der Waals surface area (Å²) in [6.07, 6.45) is 0. The van der Waals surface area contributed by atoms with E-state index in [4.69, 9.17) is 0 Å². The molecule has 0 radical (unpaired) electrons. The highest BCUT2D eigenvalue weighted by molar-refractivity contribution is 9.10. The Morgan fingerprint density at radius 2 is 1.80 bits per heavy atom. The largest absolute Gasteiger partial charge is 0.322 e. The van der Waals surface area contributed by atoms with Crippen LogP contribution in [-0.2, 0) is 0 Å². The molecule has 4 rings (SSSR count). The summed E-state index contributed by atoms with van der Waals surface area (Å²) in [4.78, 5) is 12.7.